The standard InChI is InChI=1S/C15H26N2O/c1-2-11-17-12-10-16-15(17)14(18)13-8-6-4-3-5-7-9-13/h10,12-14,18H,2-9,11H2,1H3. The lowest BCUT2D eigenvalue weighted by Crippen LogP contribution is -2.18. The van der Waals surface area contributed by atoms with Gasteiger partial charge in [0.25, 0.3) is 0 Å². The molecule has 0 aliphatic heterocycles. The van der Waals surface area contributed by atoms with Crippen LogP contribution < -0.4 is 0 Å². The normalized spacial score (nSPS) is 20.3. The van der Waals surface area contributed by atoms with Gasteiger partial charge in [-0.15, -0.1) is 0 Å². The Morgan fingerprint density at radius 3 is 2.61 bits per heavy atom. The molecule has 2 rings (SSSR count). The van der Waals surface area contributed by atoms with E-state index in [0.29, 0.717) is 5.92 Å². The third-order valence-electron chi connectivity index (χ3n) is 4.07. The molecule has 18 heavy (non-hydrogen) atoms. The summed E-state index contributed by atoms with van der Waals surface area (Å²) in [4.78, 5) is 4.38. The minimum atomic E-state index is -0.371. The Bertz CT molecular complexity index is 340. The molecule has 0 spiro atoms. The van der Waals surface area contributed by atoms with Gasteiger partial charge in [-0.05, 0) is 25.2 Å². The summed E-state index contributed by atoms with van der Waals surface area (Å²) < 4.78 is 2.11. The number of hydrogen-bond acceptors (Lipinski definition) is 2. The van der Waals surface area contributed by atoms with Gasteiger partial charge in [-0.3, -0.25) is 0 Å². The molecular formula is C15H26N2O. The molecule has 1 aromatic rings. The predicted octanol–water partition coefficient (Wildman–Crippen LogP) is 3.69. The number of aliphatic hydroxyl groups excluding tert-OH is 1. The van der Waals surface area contributed by atoms with E-state index in [-0.39, 0.29) is 6.10 Å². The van der Waals surface area contributed by atoms with Gasteiger partial charge in [-0.1, -0.05) is 39.0 Å². The van der Waals surface area contributed by atoms with E-state index in [1.165, 1.54) is 32.1 Å². The Balaban J connectivity index is 2.03. The lowest BCUT2D eigenvalue weighted by atomic mass is 9.87. The number of imidazole rings is 1. The monoisotopic (exact) mass is 250 g/mol. The van der Waals surface area contributed by atoms with Gasteiger partial charge < -0.3 is 9.67 Å². The highest BCUT2D eigenvalue weighted by atomic mass is 16.3. The summed E-state index contributed by atoms with van der Waals surface area (Å²) in [7, 11) is 0. The highest BCUT2D eigenvalue weighted by Crippen LogP contribution is 2.32. The topological polar surface area (TPSA) is 38.0 Å². The number of aryl methyl sites for hydroxylation is 1. The van der Waals surface area contributed by atoms with Gasteiger partial charge in [0.15, 0.2) is 0 Å². The summed E-state index contributed by atoms with van der Waals surface area (Å²) in [6.45, 7) is 3.12. The van der Waals surface area contributed by atoms with Crippen LogP contribution in [0.25, 0.3) is 0 Å². The lowest BCUT2D eigenvalue weighted by molar-refractivity contribution is 0.0799. The highest BCUT2D eigenvalue weighted by molar-refractivity contribution is 4.98. The molecule has 1 saturated carbocycles. The molecule has 0 radical (unpaired) electrons. The van der Waals surface area contributed by atoms with Gasteiger partial charge in [0.1, 0.15) is 11.9 Å². The van der Waals surface area contributed by atoms with Crippen molar-refractivity contribution in [2.45, 2.75) is 70.9 Å². The Hall–Kier alpha value is -0.830. The maximum atomic E-state index is 10.6. The summed E-state index contributed by atoms with van der Waals surface area (Å²) in [5, 5.41) is 10.6. The first-order valence-corrected chi connectivity index (χ1v) is 7.52. The number of aromatic nitrogens is 2. The first-order chi connectivity index (χ1) is 8.83. The number of hydrogen-bond donors (Lipinski definition) is 1. The zero-order chi connectivity index (χ0) is 12.8. The minimum Gasteiger partial charge on any atom is -0.385 e. The zero-order valence-corrected chi connectivity index (χ0v) is 11.5. The van der Waals surface area contributed by atoms with Crippen molar-refractivity contribution >= 4 is 0 Å². The van der Waals surface area contributed by atoms with E-state index >= 15 is 0 Å². The second-order valence-corrected chi connectivity index (χ2v) is 5.53. The quantitative estimate of drug-likeness (QED) is 0.885. The molecule has 102 valence electrons. The van der Waals surface area contributed by atoms with Gasteiger partial charge in [0.2, 0.25) is 0 Å². The predicted molar refractivity (Wildman–Crippen MR) is 73.3 cm³/mol. The van der Waals surface area contributed by atoms with Crippen LogP contribution in [0.15, 0.2) is 12.4 Å². The molecule has 1 aliphatic rings. The number of nitrogens with zero attached hydrogens (tertiary/aromatic N) is 2. The van der Waals surface area contributed by atoms with Crippen molar-refractivity contribution in [3.05, 3.63) is 18.2 Å². The summed E-state index contributed by atoms with van der Waals surface area (Å²) in [5.41, 5.74) is 0. The van der Waals surface area contributed by atoms with Crippen molar-refractivity contribution in [1.82, 2.24) is 9.55 Å². The van der Waals surface area contributed by atoms with Crippen molar-refractivity contribution in [2.75, 3.05) is 0 Å². The molecule has 0 saturated heterocycles. The fourth-order valence-electron chi connectivity index (χ4n) is 3.03. The fourth-order valence-corrected chi connectivity index (χ4v) is 3.03. The molecule has 0 aromatic carbocycles. The van der Waals surface area contributed by atoms with E-state index in [2.05, 4.69) is 16.5 Å². The van der Waals surface area contributed by atoms with E-state index in [0.717, 1.165) is 31.6 Å². The molecule has 1 aliphatic carbocycles. The third kappa shape index (κ3) is 3.35. The van der Waals surface area contributed by atoms with Crippen molar-refractivity contribution in [1.29, 1.82) is 0 Å². The summed E-state index contributed by atoms with van der Waals surface area (Å²) in [5.74, 6) is 1.28. The highest BCUT2D eigenvalue weighted by Gasteiger charge is 2.24. The number of aliphatic hydroxyl groups is 1. The van der Waals surface area contributed by atoms with Gasteiger partial charge in [-0.2, -0.15) is 0 Å². The van der Waals surface area contributed by atoms with E-state index in [1.807, 2.05) is 12.4 Å². The minimum absolute atomic E-state index is 0.371. The fraction of sp³-hybridized carbons (Fsp3) is 0.800. The molecule has 3 nitrogen and oxygen atoms in total. The van der Waals surface area contributed by atoms with E-state index in [1.54, 1.807) is 0 Å². The Labute approximate surface area is 110 Å². The Morgan fingerprint density at radius 1 is 1.28 bits per heavy atom. The third-order valence-corrected chi connectivity index (χ3v) is 4.07. The van der Waals surface area contributed by atoms with Crippen molar-refractivity contribution in [3.63, 3.8) is 0 Å². The van der Waals surface area contributed by atoms with Crippen molar-refractivity contribution in [2.24, 2.45) is 5.92 Å². The van der Waals surface area contributed by atoms with Gasteiger partial charge in [0, 0.05) is 18.9 Å². The maximum absolute atomic E-state index is 10.6. The molecular weight excluding hydrogens is 224 g/mol. The first-order valence-electron chi connectivity index (χ1n) is 7.52. The van der Waals surface area contributed by atoms with Crippen molar-refractivity contribution < 1.29 is 5.11 Å². The first kappa shape index (κ1) is 13.6. The molecule has 1 N–H and O–H groups in total. The Morgan fingerprint density at radius 2 is 1.94 bits per heavy atom. The SMILES string of the molecule is CCCn1ccnc1C(O)C1CCCCCCC1. The van der Waals surface area contributed by atoms with Gasteiger partial charge >= 0.3 is 0 Å². The van der Waals surface area contributed by atoms with Crippen LogP contribution in [0, 0.1) is 5.92 Å². The second kappa shape index (κ2) is 6.93. The van der Waals surface area contributed by atoms with Gasteiger partial charge in [-0.25, -0.2) is 4.98 Å². The largest absolute Gasteiger partial charge is 0.385 e. The molecule has 1 atom stereocenters. The molecule has 0 amide bonds. The van der Waals surface area contributed by atoms with Crippen LogP contribution in [0.1, 0.15) is 70.2 Å². The lowest BCUT2D eigenvalue weighted by Gasteiger charge is -2.25. The molecule has 0 bridgehead atoms. The van der Waals surface area contributed by atoms with E-state index in [9.17, 15) is 5.11 Å². The average molecular weight is 250 g/mol. The van der Waals surface area contributed by atoms with Crippen LogP contribution in [0.5, 0.6) is 0 Å². The van der Waals surface area contributed by atoms with Crippen LogP contribution in [0.4, 0.5) is 0 Å². The van der Waals surface area contributed by atoms with E-state index < -0.39 is 0 Å². The van der Waals surface area contributed by atoms with Crippen LogP contribution >= 0.6 is 0 Å². The smallest absolute Gasteiger partial charge is 0.137 e. The molecule has 1 heterocycles. The van der Waals surface area contributed by atoms with Crippen LogP contribution in [0.2, 0.25) is 0 Å². The second-order valence-electron chi connectivity index (χ2n) is 5.53. The molecule has 1 fully saturated rings. The average Bonchev–Trinajstić information content (AvgIpc) is 2.76. The van der Waals surface area contributed by atoms with Crippen LogP contribution in [0.3, 0.4) is 0 Å². The molecule has 3 heteroatoms. The van der Waals surface area contributed by atoms with Crippen molar-refractivity contribution in [3.8, 4) is 0 Å². The summed E-state index contributed by atoms with van der Waals surface area (Å²) >= 11 is 0. The summed E-state index contributed by atoms with van der Waals surface area (Å²) in [6.07, 6.45) is 13.4. The van der Waals surface area contributed by atoms with E-state index in [4.69, 9.17) is 0 Å². The maximum Gasteiger partial charge on any atom is 0.137 e. The number of rotatable bonds is 4. The molecule has 1 aromatic heterocycles. The molecule has 1 unspecified atom stereocenters. The van der Waals surface area contributed by atoms with Gasteiger partial charge in [0.05, 0.1) is 0 Å². The zero-order valence-electron chi connectivity index (χ0n) is 11.5. The summed E-state index contributed by atoms with van der Waals surface area (Å²) in [6, 6.07) is 0. The Kier molecular flexibility index (Phi) is 5.24. The van der Waals surface area contributed by atoms with Crippen LogP contribution in [-0.2, 0) is 6.54 Å². The van der Waals surface area contributed by atoms with Crippen LogP contribution in [-0.4, -0.2) is 14.7 Å².